The van der Waals surface area contributed by atoms with Crippen LogP contribution >= 0.6 is 0 Å². The molecule has 0 amide bonds. The van der Waals surface area contributed by atoms with Gasteiger partial charge in [-0.3, -0.25) is 4.79 Å². The minimum absolute atomic E-state index is 0.150. The summed E-state index contributed by atoms with van der Waals surface area (Å²) in [5.41, 5.74) is 0. The van der Waals surface area contributed by atoms with Crippen molar-refractivity contribution in [1.82, 2.24) is 4.57 Å². The highest BCUT2D eigenvalue weighted by atomic mass is 16.1. The SMILES string of the molecule is C=Cn1cc[n+](CC(C)=O)c1. The average Bonchev–Trinajstić information content (AvgIpc) is 2.34. The van der Waals surface area contributed by atoms with Gasteiger partial charge >= 0.3 is 0 Å². The van der Waals surface area contributed by atoms with Crippen LogP contribution in [0.4, 0.5) is 0 Å². The van der Waals surface area contributed by atoms with E-state index >= 15 is 0 Å². The van der Waals surface area contributed by atoms with Crippen LogP contribution in [0.5, 0.6) is 0 Å². The molecule has 0 N–H and O–H groups in total. The van der Waals surface area contributed by atoms with E-state index < -0.39 is 0 Å². The molecule has 0 aliphatic carbocycles. The molecule has 0 saturated carbocycles. The van der Waals surface area contributed by atoms with Gasteiger partial charge in [0.25, 0.3) is 0 Å². The van der Waals surface area contributed by atoms with E-state index in [-0.39, 0.29) is 5.78 Å². The number of imidazole rings is 1. The van der Waals surface area contributed by atoms with Crippen molar-refractivity contribution in [2.45, 2.75) is 13.5 Å². The highest BCUT2D eigenvalue weighted by Crippen LogP contribution is 1.82. The minimum Gasteiger partial charge on any atom is -0.296 e. The summed E-state index contributed by atoms with van der Waals surface area (Å²) in [6, 6.07) is 0. The van der Waals surface area contributed by atoms with Crippen molar-refractivity contribution < 1.29 is 9.36 Å². The van der Waals surface area contributed by atoms with E-state index in [0.29, 0.717) is 6.54 Å². The first-order chi connectivity index (χ1) is 5.22. The summed E-state index contributed by atoms with van der Waals surface area (Å²) in [6.45, 7) is 5.59. The Balaban J connectivity index is 2.72. The van der Waals surface area contributed by atoms with Gasteiger partial charge in [0.05, 0.1) is 6.20 Å². The molecule has 0 aliphatic rings. The van der Waals surface area contributed by atoms with Gasteiger partial charge < -0.3 is 0 Å². The van der Waals surface area contributed by atoms with Crippen molar-refractivity contribution in [2.75, 3.05) is 0 Å². The molecule has 11 heavy (non-hydrogen) atoms. The van der Waals surface area contributed by atoms with Crippen molar-refractivity contribution in [3.8, 4) is 0 Å². The molecule has 0 spiro atoms. The Hall–Kier alpha value is -1.38. The molecule has 0 radical (unpaired) electrons. The van der Waals surface area contributed by atoms with Crippen LogP contribution in [0.3, 0.4) is 0 Å². The third-order valence-corrected chi connectivity index (χ3v) is 1.33. The molecule has 0 unspecified atom stereocenters. The highest BCUT2D eigenvalue weighted by molar-refractivity contribution is 5.73. The smallest absolute Gasteiger partial charge is 0.248 e. The summed E-state index contributed by atoms with van der Waals surface area (Å²) < 4.78 is 3.60. The number of ketones is 1. The second-order valence-corrected chi connectivity index (χ2v) is 2.42. The molecule has 58 valence electrons. The van der Waals surface area contributed by atoms with Gasteiger partial charge in [-0.2, -0.15) is 0 Å². The van der Waals surface area contributed by atoms with Gasteiger partial charge in [0, 0.05) is 0 Å². The molecular weight excluding hydrogens is 140 g/mol. The second kappa shape index (κ2) is 3.14. The maximum Gasteiger partial charge on any atom is 0.248 e. The fraction of sp³-hybridized carbons (Fsp3) is 0.250. The van der Waals surface area contributed by atoms with Gasteiger partial charge in [-0.1, -0.05) is 6.58 Å². The molecule has 1 aromatic heterocycles. The molecule has 1 rings (SSSR count). The number of carbonyl (C=O) groups excluding carboxylic acids is 1. The molecule has 0 atom stereocenters. The van der Waals surface area contributed by atoms with Crippen molar-refractivity contribution in [2.24, 2.45) is 0 Å². The Bertz CT molecular complexity index is 275. The van der Waals surface area contributed by atoms with E-state index in [1.807, 2.05) is 23.3 Å². The van der Waals surface area contributed by atoms with Crippen LogP contribution in [0, 0.1) is 0 Å². The van der Waals surface area contributed by atoms with E-state index in [9.17, 15) is 4.79 Å². The minimum atomic E-state index is 0.150. The summed E-state index contributed by atoms with van der Waals surface area (Å²) in [4.78, 5) is 10.7. The summed E-state index contributed by atoms with van der Waals surface area (Å²) in [5, 5.41) is 0. The van der Waals surface area contributed by atoms with E-state index in [4.69, 9.17) is 0 Å². The van der Waals surface area contributed by atoms with E-state index in [1.54, 1.807) is 17.7 Å². The molecule has 3 nitrogen and oxygen atoms in total. The Morgan fingerprint density at radius 1 is 1.82 bits per heavy atom. The average molecular weight is 151 g/mol. The van der Waals surface area contributed by atoms with Crippen molar-refractivity contribution >= 4 is 12.0 Å². The maximum atomic E-state index is 10.7. The lowest BCUT2D eigenvalue weighted by Gasteiger charge is -1.87. The molecule has 1 aromatic rings. The van der Waals surface area contributed by atoms with E-state index in [2.05, 4.69) is 6.58 Å². The van der Waals surface area contributed by atoms with Crippen LogP contribution in [-0.2, 0) is 11.3 Å². The normalized spacial score (nSPS) is 9.55. The second-order valence-electron chi connectivity index (χ2n) is 2.42. The van der Waals surface area contributed by atoms with Crippen molar-refractivity contribution in [3.05, 3.63) is 25.3 Å². The zero-order chi connectivity index (χ0) is 8.27. The Morgan fingerprint density at radius 3 is 3.00 bits per heavy atom. The van der Waals surface area contributed by atoms with Crippen LogP contribution < -0.4 is 4.57 Å². The lowest BCUT2D eigenvalue weighted by Crippen LogP contribution is -2.34. The quantitative estimate of drug-likeness (QED) is 0.576. The first-order valence-electron chi connectivity index (χ1n) is 3.41. The Kier molecular flexibility index (Phi) is 2.21. The fourth-order valence-corrected chi connectivity index (χ4v) is 0.869. The standard InChI is InChI=1S/C8H11N2O/c1-3-9-4-5-10(7-9)6-8(2)11/h3-5,7H,1,6H2,2H3/q+1. The van der Waals surface area contributed by atoms with Crippen LogP contribution in [0.25, 0.3) is 6.20 Å². The molecule has 0 fully saturated rings. The molecule has 0 aliphatic heterocycles. The third kappa shape index (κ3) is 2.04. The number of carbonyl (C=O) groups is 1. The monoisotopic (exact) mass is 151 g/mol. The van der Waals surface area contributed by atoms with Gasteiger partial charge in [-0.05, 0) is 6.92 Å². The summed E-state index contributed by atoms with van der Waals surface area (Å²) in [5.74, 6) is 0.150. The molecule has 0 bridgehead atoms. The predicted octanol–water partition coefficient (Wildman–Crippen LogP) is 0.465. The van der Waals surface area contributed by atoms with Gasteiger partial charge in [0.2, 0.25) is 6.33 Å². The summed E-state index contributed by atoms with van der Waals surface area (Å²) in [6.07, 6.45) is 7.17. The van der Waals surface area contributed by atoms with Gasteiger partial charge in [0.15, 0.2) is 5.78 Å². The van der Waals surface area contributed by atoms with E-state index in [0.717, 1.165) is 0 Å². The summed E-state index contributed by atoms with van der Waals surface area (Å²) in [7, 11) is 0. The van der Waals surface area contributed by atoms with Gasteiger partial charge in [0.1, 0.15) is 18.9 Å². The molecule has 1 heterocycles. The van der Waals surface area contributed by atoms with Crippen molar-refractivity contribution in [1.29, 1.82) is 0 Å². The third-order valence-electron chi connectivity index (χ3n) is 1.33. The molecular formula is C8H11N2O+. The number of Topliss-reactive ketones (excluding diaryl/α,β-unsaturated/α-hetero) is 1. The fourth-order valence-electron chi connectivity index (χ4n) is 0.869. The van der Waals surface area contributed by atoms with Crippen molar-refractivity contribution in [3.63, 3.8) is 0 Å². The maximum absolute atomic E-state index is 10.7. The molecule has 3 heteroatoms. The largest absolute Gasteiger partial charge is 0.296 e. The molecule has 0 saturated heterocycles. The lowest BCUT2D eigenvalue weighted by atomic mass is 10.4. The Labute approximate surface area is 65.6 Å². The van der Waals surface area contributed by atoms with Crippen LogP contribution in [0.1, 0.15) is 6.92 Å². The van der Waals surface area contributed by atoms with Crippen LogP contribution in [0.15, 0.2) is 25.3 Å². The van der Waals surface area contributed by atoms with Crippen LogP contribution in [-0.4, -0.2) is 10.4 Å². The zero-order valence-corrected chi connectivity index (χ0v) is 6.53. The predicted molar refractivity (Wildman–Crippen MR) is 41.7 cm³/mol. The Morgan fingerprint density at radius 2 is 2.55 bits per heavy atom. The van der Waals surface area contributed by atoms with Gasteiger partial charge in [-0.15, -0.1) is 0 Å². The topological polar surface area (TPSA) is 25.9 Å². The number of hydrogen-bond donors (Lipinski definition) is 0. The number of nitrogens with zero attached hydrogens (tertiary/aromatic N) is 2. The highest BCUT2D eigenvalue weighted by Gasteiger charge is 2.02. The number of hydrogen-bond acceptors (Lipinski definition) is 1. The first kappa shape index (κ1) is 7.72. The van der Waals surface area contributed by atoms with E-state index in [1.165, 1.54) is 0 Å². The number of aromatic nitrogens is 2. The first-order valence-corrected chi connectivity index (χ1v) is 3.41. The zero-order valence-electron chi connectivity index (χ0n) is 6.53. The van der Waals surface area contributed by atoms with Gasteiger partial charge in [-0.25, -0.2) is 9.13 Å². The summed E-state index contributed by atoms with van der Waals surface area (Å²) >= 11 is 0. The lowest BCUT2D eigenvalue weighted by molar-refractivity contribution is -0.683. The molecule has 0 aromatic carbocycles. The van der Waals surface area contributed by atoms with Crippen LogP contribution in [0.2, 0.25) is 0 Å². The number of rotatable bonds is 3.